The number of amides is 1. The lowest BCUT2D eigenvalue weighted by Gasteiger charge is -2.27. The highest BCUT2D eigenvalue weighted by Gasteiger charge is 2.23. The Morgan fingerprint density at radius 3 is 2.68 bits per heavy atom. The van der Waals surface area contributed by atoms with Crippen molar-refractivity contribution in [2.24, 2.45) is 0 Å². The van der Waals surface area contributed by atoms with Crippen LogP contribution in [0.15, 0.2) is 36.4 Å². The van der Waals surface area contributed by atoms with Crippen molar-refractivity contribution in [1.29, 1.82) is 0 Å². The molecule has 31 heavy (non-hydrogen) atoms. The third-order valence-corrected chi connectivity index (χ3v) is 6.90. The molecule has 2 heterocycles. The summed E-state index contributed by atoms with van der Waals surface area (Å²) in [6.07, 6.45) is 0.853. The third kappa shape index (κ3) is 5.01. The molecule has 1 saturated heterocycles. The number of anilines is 1. The molecule has 4 rings (SSSR count). The number of benzene rings is 2. The summed E-state index contributed by atoms with van der Waals surface area (Å²) in [6.45, 7) is 6.95. The second-order valence-corrected chi connectivity index (χ2v) is 8.94. The molecule has 0 bridgehead atoms. The number of methoxy groups -OCH3 is 1. The predicted octanol–water partition coefficient (Wildman–Crippen LogP) is 4.64. The minimum atomic E-state index is -0.0747. The van der Waals surface area contributed by atoms with Gasteiger partial charge >= 0.3 is 0 Å². The largest absolute Gasteiger partial charge is 0.494 e. The molecule has 8 heteroatoms. The van der Waals surface area contributed by atoms with Crippen LogP contribution in [0.2, 0.25) is 5.02 Å². The molecule has 164 valence electrons. The topological polar surface area (TPSA) is 54.9 Å². The Balaban J connectivity index is 1.62. The van der Waals surface area contributed by atoms with Gasteiger partial charge in [-0.1, -0.05) is 29.0 Å². The Labute approximate surface area is 191 Å². The number of thiazole rings is 1. The van der Waals surface area contributed by atoms with Gasteiger partial charge in [0.05, 0.1) is 25.0 Å². The minimum absolute atomic E-state index is 0.0747. The van der Waals surface area contributed by atoms with Crippen molar-refractivity contribution in [1.82, 2.24) is 9.88 Å². The van der Waals surface area contributed by atoms with Gasteiger partial charge in [-0.05, 0) is 49.2 Å². The first kappa shape index (κ1) is 22.0. The SMILES string of the molecule is COc1ccc(C)c2sc(N(CCCN3CCOCC3)C(=O)c3ccc(Cl)cc3)nc12. The number of carbonyl (C=O) groups excluding carboxylic acids is 1. The molecule has 1 aliphatic heterocycles. The van der Waals surface area contributed by atoms with Gasteiger partial charge in [0.2, 0.25) is 0 Å². The normalized spacial score (nSPS) is 14.7. The van der Waals surface area contributed by atoms with Crippen molar-refractivity contribution >= 4 is 44.2 Å². The highest BCUT2D eigenvalue weighted by molar-refractivity contribution is 7.22. The first-order valence-electron chi connectivity index (χ1n) is 10.4. The van der Waals surface area contributed by atoms with E-state index in [0.29, 0.717) is 22.3 Å². The van der Waals surface area contributed by atoms with Crippen LogP contribution in [0.1, 0.15) is 22.3 Å². The molecular weight excluding hydrogens is 434 g/mol. The number of hydrogen-bond acceptors (Lipinski definition) is 6. The maximum atomic E-state index is 13.4. The van der Waals surface area contributed by atoms with Gasteiger partial charge in [0.1, 0.15) is 11.3 Å². The Kier molecular flexibility index (Phi) is 7.07. The number of carbonyl (C=O) groups is 1. The molecule has 6 nitrogen and oxygen atoms in total. The second-order valence-electron chi connectivity index (χ2n) is 7.53. The van der Waals surface area contributed by atoms with E-state index in [1.807, 2.05) is 19.1 Å². The number of fused-ring (bicyclic) bond motifs is 1. The number of nitrogens with zero attached hydrogens (tertiary/aromatic N) is 3. The van der Waals surface area contributed by atoms with Gasteiger partial charge in [-0.25, -0.2) is 4.98 Å². The number of halogens is 1. The van der Waals surface area contributed by atoms with E-state index in [9.17, 15) is 4.79 Å². The van der Waals surface area contributed by atoms with Crippen molar-refractivity contribution in [2.75, 3.05) is 51.4 Å². The number of morpholine rings is 1. The molecule has 0 radical (unpaired) electrons. The van der Waals surface area contributed by atoms with E-state index < -0.39 is 0 Å². The molecule has 0 N–H and O–H groups in total. The third-order valence-electron chi connectivity index (χ3n) is 5.44. The molecule has 2 aromatic carbocycles. The molecule has 0 spiro atoms. The molecule has 1 aromatic heterocycles. The maximum absolute atomic E-state index is 13.4. The predicted molar refractivity (Wildman–Crippen MR) is 126 cm³/mol. The van der Waals surface area contributed by atoms with E-state index in [-0.39, 0.29) is 5.91 Å². The number of aromatic nitrogens is 1. The minimum Gasteiger partial charge on any atom is -0.494 e. The fraction of sp³-hybridized carbons (Fsp3) is 0.391. The average Bonchev–Trinajstić information content (AvgIpc) is 3.24. The zero-order valence-electron chi connectivity index (χ0n) is 17.8. The summed E-state index contributed by atoms with van der Waals surface area (Å²) in [7, 11) is 1.64. The second kappa shape index (κ2) is 9.96. The van der Waals surface area contributed by atoms with E-state index in [4.69, 9.17) is 26.1 Å². The van der Waals surface area contributed by atoms with Gasteiger partial charge in [0, 0.05) is 36.8 Å². The summed E-state index contributed by atoms with van der Waals surface area (Å²) >= 11 is 7.55. The summed E-state index contributed by atoms with van der Waals surface area (Å²) in [5.41, 5.74) is 2.51. The fourth-order valence-electron chi connectivity index (χ4n) is 3.69. The summed E-state index contributed by atoms with van der Waals surface area (Å²) in [5, 5.41) is 1.29. The van der Waals surface area contributed by atoms with E-state index in [2.05, 4.69) is 4.90 Å². The van der Waals surface area contributed by atoms with Gasteiger partial charge in [-0.2, -0.15) is 0 Å². The number of aryl methyl sites for hydroxylation is 1. The standard InChI is InChI=1S/C23H26ClN3O3S/c1-16-4-9-19(29-2)20-21(16)31-23(25-20)27(11-3-10-26-12-14-30-15-13-26)22(28)17-5-7-18(24)8-6-17/h4-9H,3,10-15H2,1-2H3. The first-order chi connectivity index (χ1) is 15.1. The van der Waals surface area contributed by atoms with Crippen molar-refractivity contribution in [3.05, 3.63) is 52.5 Å². The zero-order chi connectivity index (χ0) is 21.8. The average molecular weight is 460 g/mol. The van der Waals surface area contributed by atoms with E-state index >= 15 is 0 Å². The molecule has 3 aromatic rings. The van der Waals surface area contributed by atoms with Crippen LogP contribution in [0, 0.1) is 6.92 Å². The van der Waals surface area contributed by atoms with Crippen LogP contribution in [0.3, 0.4) is 0 Å². The van der Waals surface area contributed by atoms with Gasteiger partial charge in [-0.3, -0.25) is 14.6 Å². The van der Waals surface area contributed by atoms with E-state index in [1.165, 1.54) is 11.3 Å². The Morgan fingerprint density at radius 1 is 1.23 bits per heavy atom. The lowest BCUT2D eigenvalue weighted by atomic mass is 10.2. The highest BCUT2D eigenvalue weighted by Crippen LogP contribution is 2.37. The molecule has 0 saturated carbocycles. The first-order valence-corrected chi connectivity index (χ1v) is 11.6. The summed E-state index contributed by atoms with van der Waals surface area (Å²) in [5.74, 6) is 0.643. The monoisotopic (exact) mass is 459 g/mol. The van der Waals surface area contributed by atoms with Crippen LogP contribution < -0.4 is 9.64 Å². The number of hydrogen-bond donors (Lipinski definition) is 0. The molecule has 1 amide bonds. The van der Waals surface area contributed by atoms with Crippen LogP contribution in [0.25, 0.3) is 10.2 Å². The van der Waals surface area contributed by atoms with Crippen LogP contribution in [-0.4, -0.2) is 62.3 Å². The van der Waals surface area contributed by atoms with Crippen LogP contribution in [-0.2, 0) is 4.74 Å². The van der Waals surface area contributed by atoms with E-state index in [0.717, 1.165) is 60.8 Å². The van der Waals surface area contributed by atoms with Gasteiger partial charge < -0.3 is 9.47 Å². The maximum Gasteiger partial charge on any atom is 0.260 e. The summed E-state index contributed by atoms with van der Waals surface area (Å²) < 4.78 is 12.0. The zero-order valence-corrected chi connectivity index (χ0v) is 19.3. The Morgan fingerprint density at radius 2 is 1.97 bits per heavy atom. The smallest absolute Gasteiger partial charge is 0.260 e. The van der Waals surface area contributed by atoms with Crippen LogP contribution >= 0.6 is 22.9 Å². The molecule has 1 fully saturated rings. The van der Waals surface area contributed by atoms with Crippen LogP contribution in [0.4, 0.5) is 5.13 Å². The van der Waals surface area contributed by atoms with Crippen molar-refractivity contribution < 1.29 is 14.3 Å². The summed E-state index contributed by atoms with van der Waals surface area (Å²) in [4.78, 5) is 22.4. The Bertz CT molecular complexity index is 1050. The molecule has 0 unspecified atom stereocenters. The molecule has 0 aliphatic carbocycles. The number of ether oxygens (including phenoxy) is 2. The Hall–Kier alpha value is -2.19. The fourth-order valence-corrected chi connectivity index (χ4v) is 4.89. The molecule has 0 atom stereocenters. The van der Waals surface area contributed by atoms with Crippen molar-refractivity contribution in [2.45, 2.75) is 13.3 Å². The lowest BCUT2D eigenvalue weighted by molar-refractivity contribution is 0.0376. The van der Waals surface area contributed by atoms with Crippen LogP contribution in [0.5, 0.6) is 5.75 Å². The lowest BCUT2D eigenvalue weighted by Crippen LogP contribution is -2.39. The summed E-state index contributed by atoms with van der Waals surface area (Å²) in [6, 6.07) is 11.0. The van der Waals surface area contributed by atoms with Crippen molar-refractivity contribution in [3.63, 3.8) is 0 Å². The van der Waals surface area contributed by atoms with E-state index in [1.54, 1.807) is 36.3 Å². The van der Waals surface area contributed by atoms with Gasteiger partial charge in [0.15, 0.2) is 5.13 Å². The molecular formula is C23H26ClN3O3S. The highest BCUT2D eigenvalue weighted by atomic mass is 35.5. The van der Waals surface area contributed by atoms with Crippen molar-refractivity contribution in [3.8, 4) is 5.75 Å². The molecule has 1 aliphatic rings. The number of rotatable bonds is 7. The van der Waals surface area contributed by atoms with Gasteiger partial charge in [-0.15, -0.1) is 0 Å². The quantitative estimate of drug-likeness (QED) is 0.515. The van der Waals surface area contributed by atoms with Gasteiger partial charge in [0.25, 0.3) is 5.91 Å².